The van der Waals surface area contributed by atoms with E-state index in [0.717, 1.165) is 17.7 Å². The van der Waals surface area contributed by atoms with Gasteiger partial charge in [0.2, 0.25) is 0 Å². The quantitative estimate of drug-likeness (QED) is 0.711. The molecule has 0 aliphatic rings. The highest BCUT2D eigenvalue weighted by atomic mass is 32.1. The summed E-state index contributed by atoms with van der Waals surface area (Å²) in [5, 5.41) is 2.84. The molecule has 0 spiro atoms. The van der Waals surface area contributed by atoms with E-state index in [1.165, 1.54) is 0 Å². The molecule has 0 aliphatic carbocycles. The lowest BCUT2D eigenvalue weighted by molar-refractivity contribution is 0.0954. The van der Waals surface area contributed by atoms with E-state index in [-0.39, 0.29) is 5.91 Å². The van der Waals surface area contributed by atoms with Gasteiger partial charge in [0.1, 0.15) is 4.99 Å². The Hall–Kier alpha value is -2.21. The second-order valence-corrected chi connectivity index (χ2v) is 4.46. The molecule has 2 aromatic rings. The van der Waals surface area contributed by atoms with E-state index in [0.29, 0.717) is 17.1 Å². The SMILES string of the molecule is NC(=S)c1ccc(C(=O)NCCc2cnc[nH]2)cc1. The molecule has 4 N–H and O–H groups in total. The molecule has 0 atom stereocenters. The Morgan fingerprint density at radius 1 is 1.32 bits per heavy atom. The van der Waals surface area contributed by atoms with Gasteiger partial charge in [-0.3, -0.25) is 4.79 Å². The molecule has 1 amide bonds. The van der Waals surface area contributed by atoms with Crippen molar-refractivity contribution < 1.29 is 4.79 Å². The Kier molecular flexibility index (Phi) is 4.25. The summed E-state index contributed by atoms with van der Waals surface area (Å²) in [4.78, 5) is 19.1. The molecular formula is C13H14N4OS. The zero-order valence-corrected chi connectivity index (χ0v) is 11.0. The van der Waals surface area contributed by atoms with Crippen molar-refractivity contribution >= 4 is 23.1 Å². The largest absolute Gasteiger partial charge is 0.389 e. The number of aromatic amines is 1. The Morgan fingerprint density at radius 2 is 2.00 bits per heavy atom. The van der Waals surface area contributed by atoms with Gasteiger partial charge < -0.3 is 16.0 Å². The highest BCUT2D eigenvalue weighted by Crippen LogP contribution is 2.04. The van der Waals surface area contributed by atoms with Gasteiger partial charge in [-0.1, -0.05) is 24.4 Å². The van der Waals surface area contributed by atoms with Crippen LogP contribution in [0.25, 0.3) is 0 Å². The van der Waals surface area contributed by atoms with Crippen LogP contribution in [0, 0.1) is 0 Å². The van der Waals surface area contributed by atoms with Gasteiger partial charge in [-0.15, -0.1) is 0 Å². The van der Waals surface area contributed by atoms with Crippen molar-refractivity contribution in [2.45, 2.75) is 6.42 Å². The minimum Gasteiger partial charge on any atom is -0.389 e. The van der Waals surface area contributed by atoms with E-state index in [4.69, 9.17) is 18.0 Å². The van der Waals surface area contributed by atoms with Crippen molar-refractivity contribution in [2.75, 3.05) is 6.54 Å². The predicted molar refractivity (Wildman–Crippen MR) is 77.0 cm³/mol. The summed E-state index contributed by atoms with van der Waals surface area (Å²) in [7, 11) is 0. The van der Waals surface area contributed by atoms with Crippen molar-refractivity contribution in [3.05, 3.63) is 53.6 Å². The van der Waals surface area contributed by atoms with Gasteiger partial charge in [-0.2, -0.15) is 0 Å². The van der Waals surface area contributed by atoms with Gasteiger partial charge in [0.05, 0.1) is 6.33 Å². The summed E-state index contributed by atoms with van der Waals surface area (Å²) in [6.45, 7) is 0.554. The Labute approximate surface area is 116 Å². The molecule has 6 heteroatoms. The average molecular weight is 274 g/mol. The molecule has 98 valence electrons. The number of hydrogen-bond donors (Lipinski definition) is 3. The summed E-state index contributed by atoms with van der Waals surface area (Å²) in [6.07, 6.45) is 4.07. The van der Waals surface area contributed by atoms with Gasteiger partial charge in [-0.05, 0) is 12.1 Å². The number of carbonyl (C=O) groups excluding carboxylic acids is 1. The zero-order valence-electron chi connectivity index (χ0n) is 10.2. The second-order valence-electron chi connectivity index (χ2n) is 4.02. The summed E-state index contributed by atoms with van der Waals surface area (Å²) in [6, 6.07) is 6.90. The third-order valence-corrected chi connectivity index (χ3v) is 2.90. The van der Waals surface area contributed by atoms with Crippen LogP contribution in [0.3, 0.4) is 0 Å². The van der Waals surface area contributed by atoms with Gasteiger partial charge in [0, 0.05) is 36.0 Å². The molecule has 0 aliphatic heterocycles. The topological polar surface area (TPSA) is 83.8 Å². The van der Waals surface area contributed by atoms with Gasteiger partial charge in [0.15, 0.2) is 0 Å². The molecule has 1 aromatic heterocycles. The molecular weight excluding hydrogens is 260 g/mol. The molecule has 2 rings (SSSR count). The molecule has 0 fully saturated rings. The van der Waals surface area contributed by atoms with E-state index >= 15 is 0 Å². The molecule has 0 saturated carbocycles. The van der Waals surface area contributed by atoms with Crippen LogP contribution in [0.15, 0.2) is 36.8 Å². The Morgan fingerprint density at radius 3 is 2.58 bits per heavy atom. The molecule has 19 heavy (non-hydrogen) atoms. The highest BCUT2D eigenvalue weighted by Gasteiger charge is 2.05. The first-order valence-corrected chi connectivity index (χ1v) is 6.23. The number of imidazole rings is 1. The first-order chi connectivity index (χ1) is 9.16. The number of thiocarbonyl (C=S) groups is 1. The van der Waals surface area contributed by atoms with Crippen molar-refractivity contribution in [1.82, 2.24) is 15.3 Å². The number of H-pyrrole nitrogens is 1. The average Bonchev–Trinajstić information content (AvgIpc) is 2.92. The van der Waals surface area contributed by atoms with Gasteiger partial charge >= 0.3 is 0 Å². The fourth-order valence-corrected chi connectivity index (χ4v) is 1.76. The molecule has 5 nitrogen and oxygen atoms in total. The lowest BCUT2D eigenvalue weighted by atomic mass is 10.1. The minimum atomic E-state index is -0.117. The second kappa shape index (κ2) is 6.10. The predicted octanol–water partition coefficient (Wildman–Crippen LogP) is 1.02. The molecule has 0 bridgehead atoms. The summed E-state index contributed by atoms with van der Waals surface area (Å²) < 4.78 is 0. The number of nitrogens with two attached hydrogens (primary N) is 1. The third-order valence-electron chi connectivity index (χ3n) is 2.67. The number of aromatic nitrogens is 2. The highest BCUT2D eigenvalue weighted by molar-refractivity contribution is 7.80. The molecule has 1 aromatic carbocycles. The van der Waals surface area contributed by atoms with Crippen LogP contribution in [0.4, 0.5) is 0 Å². The Bertz CT molecular complexity index is 563. The van der Waals surface area contributed by atoms with E-state index < -0.39 is 0 Å². The lowest BCUT2D eigenvalue weighted by Crippen LogP contribution is -2.25. The summed E-state index contributed by atoms with van der Waals surface area (Å²) >= 11 is 4.85. The number of amides is 1. The van der Waals surface area contributed by atoms with Crippen LogP contribution in [0.1, 0.15) is 21.6 Å². The fourth-order valence-electron chi connectivity index (χ4n) is 1.62. The maximum absolute atomic E-state index is 11.9. The van der Waals surface area contributed by atoms with Crippen molar-refractivity contribution in [2.24, 2.45) is 5.73 Å². The van der Waals surface area contributed by atoms with Gasteiger partial charge in [0.25, 0.3) is 5.91 Å². The summed E-state index contributed by atoms with van der Waals surface area (Å²) in [5.74, 6) is -0.117. The van der Waals surface area contributed by atoms with Crippen molar-refractivity contribution in [3.8, 4) is 0 Å². The molecule has 1 heterocycles. The number of carbonyl (C=O) groups is 1. The molecule has 0 saturated heterocycles. The first kappa shape index (κ1) is 13.2. The molecule has 0 unspecified atom stereocenters. The first-order valence-electron chi connectivity index (χ1n) is 5.82. The van der Waals surface area contributed by atoms with Crippen LogP contribution in [-0.4, -0.2) is 27.4 Å². The van der Waals surface area contributed by atoms with Crippen LogP contribution in [0.2, 0.25) is 0 Å². The standard InChI is InChI=1S/C13H14N4OS/c14-12(19)9-1-3-10(4-2-9)13(18)16-6-5-11-7-15-8-17-11/h1-4,7-8H,5-6H2,(H2,14,19)(H,15,17)(H,16,18). The van der Waals surface area contributed by atoms with Crippen molar-refractivity contribution in [1.29, 1.82) is 0 Å². The van der Waals surface area contributed by atoms with Crippen LogP contribution in [0.5, 0.6) is 0 Å². The number of rotatable bonds is 5. The Balaban J connectivity index is 1.87. The van der Waals surface area contributed by atoms with Crippen LogP contribution in [-0.2, 0) is 6.42 Å². The zero-order chi connectivity index (χ0) is 13.7. The number of nitrogens with zero attached hydrogens (tertiary/aromatic N) is 1. The summed E-state index contributed by atoms with van der Waals surface area (Å²) in [5.41, 5.74) is 7.83. The number of nitrogens with one attached hydrogen (secondary N) is 2. The normalized spacial score (nSPS) is 10.1. The van der Waals surface area contributed by atoms with Crippen molar-refractivity contribution in [3.63, 3.8) is 0 Å². The van der Waals surface area contributed by atoms with Gasteiger partial charge in [-0.25, -0.2) is 4.98 Å². The van der Waals surface area contributed by atoms with E-state index in [1.807, 2.05) is 0 Å². The third kappa shape index (κ3) is 3.62. The lowest BCUT2D eigenvalue weighted by Gasteiger charge is -2.05. The van der Waals surface area contributed by atoms with E-state index in [2.05, 4.69) is 15.3 Å². The van der Waals surface area contributed by atoms with E-state index in [1.54, 1.807) is 36.8 Å². The minimum absolute atomic E-state index is 0.117. The maximum Gasteiger partial charge on any atom is 0.251 e. The smallest absolute Gasteiger partial charge is 0.251 e. The van der Waals surface area contributed by atoms with Crippen LogP contribution < -0.4 is 11.1 Å². The van der Waals surface area contributed by atoms with E-state index in [9.17, 15) is 4.79 Å². The number of hydrogen-bond acceptors (Lipinski definition) is 3. The van der Waals surface area contributed by atoms with Crippen LogP contribution >= 0.6 is 12.2 Å². The number of benzene rings is 1. The molecule has 0 radical (unpaired) electrons. The fraction of sp³-hybridized carbons (Fsp3) is 0.154. The monoisotopic (exact) mass is 274 g/mol. The maximum atomic E-state index is 11.9.